The summed E-state index contributed by atoms with van der Waals surface area (Å²) in [5.74, 6) is 0. The van der Waals surface area contributed by atoms with Crippen molar-refractivity contribution in [3.8, 4) is 0 Å². The van der Waals surface area contributed by atoms with E-state index < -0.39 is 0 Å². The van der Waals surface area contributed by atoms with Gasteiger partial charge in [-0.1, -0.05) is 12.1 Å². The maximum atomic E-state index is 4.32. The van der Waals surface area contributed by atoms with E-state index in [1.807, 2.05) is 42.7 Å². The average molecular weight is 256 g/mol. The van der Waals surface area contributed by atoms with Crippen molar-refractivity contribution >= 4 is 0 Å². The molecule has 2 heterocycles. The van der Waals surface area contributed by atoms with Crippen LogP contribution in [-0.2, 0) is 13.1 Å². The van der Waals surface area contributed by atoms with Crippen LogP contribution in [0.1, 0.15) is 11.4 Å². The van der Waals surface area contributed by atoms with Crippen molar-refractivity contribution in [3.63, 3.8) is 0 Å². The second-order valence-electron chi connectivity index (χ2n) is 4.56. The van der Waals surface area contributed by atoms with E-state index in [4.69, 9.17) is 0 Å². The Bertz CT molecular complexity index is 458. The van der Waals surface area contributed by atoms with Crippen LogP contribution < -0.4 is 5.32 Å². The average Bonchev–Trinajstić information content (AvgIpc) is 2.46. The second-order valence-corrected chi connectivity index (χ2v) is 4.56. The van der Waals surface area contributed by atoms with E-state index >= 15 is 0 Å². The molecule has 0 saturated heterocycles. The lowest BCUT2D eigenvalue weighted by atomic mass is 10.3. The van der Waals surface area contributed by atoms with Gasteiger partial charge in [0.2, 0.25) is 0 Å². The first-order chi connectivity index (χ1) is 9.34. The predicted octanol–water partition coefficient (Wildman–Crippen LogP) is 1.70. The first-order valence-corrected chi connectivity index (χ1v) is 6.53. The third-order valence-corrected chi connectivity index (χ3v) is 2.86. The number of pyridine rings is 2. The molecule has 0 aliphatic carbocycles. The van der Waals surface area contributed by atoms with Gasteiger partial charge in [0.25, 0.3) is 0 Å². The molecule has 0 aliphatic rings. The summed E-state index contributed by atoms with van der Waals surface area (Å²) < 4.78 is 0. The first-order valence-electron chi connectivity index (χ1n) is 6.53. The summed E-state index contributed by atoms with van der Waals surface area (Å²) in [6.45, 7) is 3.63. The van der Waals surface area contributed by atoms with Gasteiger partial charge in [0, 0.05) is 38.6 Å². The number of nitrogens with zero attached hydrogens (tertiary/aromatic N) is 3. The van der Waals surface area contributed by atoms with Crippen LogP contribution in [0.25, 0.3) is 0 Å². The monoisotopic (exact) mass is 256 g/mol. The van der Waals surface area contributed by atoms with E-state index in [-0.39, 0.29) is 0 Å². The molecule has 0 bridgehead atoms. The molecule has 19 heavy (non-hydrogen) atoms. The molecule has 2 aromatic rings. The summed E-state index contributed by atoms with van der Waals surface area (Å²) >= 11 is 0. The minimum atomic E-state index is 0.818. The summed E-state index contributed by atoms with van der Waals surface area (Å²) in [7, 11) is 2.11. The molecule has 0 fully saturated rings. The SMILES string of the molecule is CN(CCNCc1ccccn1)Cc1ccccn1. The number of likely N-dealkylation sites (N-methyl/N-ethyl adjacent to an activating group) is 1. The van der Waals surface area contributed by atoms with Crippen LogP contribution in [0.4, 0.5) is 0 Å². The van der Waals surface area contributed by atoms with Crippen molar-refractivity contribution in [2.75, 3.05) is 20.1 Å². The van der Waals surface area contributed by atoms with Gasteiger partial charge < -0.3 is 5.32 Å². The van der Waals surface area contributed by atoms with Crippen LogP contribution >= 0.6 is 0 Å². The lowest BCUT2D eigenvalue weighted by Crippen LogP contribution is -2.29. The predicted molar refractivity (Wildman–Crippen MR) is 76.5 cm³/mol. The van der Waals surface area contributed by atoms with Crippen molar-refractivity contribution < 1.29 is 0 Å². The van der Waals surface area contributed by atoms with E-state index in [2.05, 4.69) is 33.3 Å². The van der Waals surface area contributed by atoms with E-state index in [9.17, 15) is 0 Å². The van der Waals surface area contributed by atoms with Gasteiger partial charge in [-0.2, -0.15) is 0 Å². The molecule has 2 rings (SSSR count). The Morgan fingerprint density at radius 2 is 1.68 bits per heavy atom. The number of rotatable bonds is 7. The quantitative estimate of drug-likeness (QED) is 0.766. The third kappa shape index (κ3) is 5.16. The fourth-order valence-electron chi connectivity index (χ4n) is 1.84. The Morgan fingerprint density at radius 3 is 2.32 bits per heavy atom. The molecule has 0 aromatic carbocycles. The van der Waals surface area contributed by atoms with E-state index in [0.29, 0.717) is 0 Å². The van der Waals surface area contributed by atoms with Crippen molar-refractivity contribution in [2.24, 2.45) is 0 Å². The third-order valence-electron chi connectivity index (χ3n) is 2.86. The fourth-order valence-corrected chi connectivity index (χ4v) is 1.84. The van der Waals surface area contributed by atoms with Crippen molar-refractivity contribution in [3.05, 3.63) is 60.2 Å². The van der Waals surface area contributed by atoms with Gasteiger partial charge >= 0.3 is 0 Å². The molecular weight excluding hydrogens is 236 g/mol. The van der Waals surface area contributed by atoms with E-state index in [1.165, 1.54) is 0 Å². The first kappa shape index (κ1) is 13.6. The molecule has 4 nitrogen and oxygen atoms in total. The van der Waals surface area contributed by atoms with Crippen LogP contribution in [0.5, 0.6) is 0 Å². The molecule has 0 unspecified atom stereocenters. The molecule has 4 heteroatoms. The van der Waals surface area contributed by atoms with Gasteiger partial charge in [0.15, 0.2) is 0 Å². The smallest absolute Gasteiger partial charge is 0.0543 e. The van der Waals surface area contributed by atoms with Gasteiger partial charge in [-0.15, -0.1) is 0 Å². The lowest BCUT2D eigenvalue weighted by molar-refractivity contribution is 0.320. The Balaban J connectivity index is 1.63. The molecule has 2 aromatic heterocycles. The van der Waals surface area contributed by atoms with Gasteiger partial charge in [-0.3, -0.25) is 14.9 Å². The summed E-state index contributed by atoms with van der Waals surface area (Å²) in [4.78, 5) is 10.9. The zero-order valence-corrected chi connectivity index (χ0v) is 11.3. The normalized spacial score (nSPS) is 10.8. The molecule has 1 N–H and O–H groups in total. The molecule has 0 amide bonds. The molecule has 0 radical (unpaired) electrons. The largest absolute Gasteiger partial charge is 0.310 e. The Kier molecular flexibility index (Phi) is 5.47. The van der Waals surface area contributed by atoms with Crippen molar-refractivity contribution in [1.29, 1.82) is 0 Å². The molecule has 0 aliphatic heterocycles. The highest BCUT2D eigenvalue weighted by Gasteiger charge is 2.00. The molecule has 0 saturated carbocycles. The maximum Gasteiger partial charge on any atom is 0.0543 e. The van der Waals surface area contributed by atoms with E-state index in [1.54, 1.807) is 0 Å². The topological polar surface area (TPSA) is 41.0 Å². The molecule has 0 spiro atoms. The van der Waals surface area contributed by atoms with Gasteiger partial charge in [-0.25, -0.2) is 0 Å². The van der Waals surface area contributed by atoms with Crippen LogP contribution in [0.15, 0.2) is 48.8 Å². The lowest BCUT2D eigenvalue weighted by Gasteiger charge is -2.16. The number of aromatic nitrogens is 2. The second kappa shape index (κ2) is 7.61. The highest BCUT2D eigenvalue weighted by atomic mass is 15.1. The summed E-state index contributed by atoms with van der Waals surface area (Å²) in [6.07, 6.45) is 3.66. The Morgan fingerprint density at radius 1 is 1.00 bits per heavy atom. The van der Waals surface area contributed by atoms with Crippen LogP contribution in [0, 0.1) is 0 Å². The maximum absolute atomic E-state index is 4.32. The van der Waals surface area contributed by atoms with Crippen molar-refractivity contribution in [1.82, 2.24) is 20.2 Å². The van der Waals surface area contributed by atoms with Crippen LogP contribution in [-0.4, -0.2) is 35.0 Å². The molecule has 0 atom stereocenters. The number of hydrogen-bond donors (Lipinski definition) is 1. The fraction of sp³-hybridized carbons (Fsp3) is 0.333. The minimum Gasteiger partial charge on any atom is -0.310 e. The summed E-state index contributed by atoms with van der Waals surface area (Å²) in [6, 6.07) is 12.0. The van der Waals surface area contributed by atoms with Crippen LogP contribution in [0.3, 0.4) is 0 Å². The highest BCUT2D eigenvalue weighted by Crippen LogP contribution is 1.98. The van der Waals surface area contributed by atoms with Gasteiger partial charge in [0.1, 0.15) is 0 Å². The van der Waals surface area contributed by atoms with Gasteiger partial charge in [0.05, 0.1) is 11.4 Å². The summed E-state index contributed by atoms with van der Waals surface area (Å²) in [5.41, 5.74) is 2.18. The number of nitrogens with one attached hydrogen (secondary N) is 1. The van der Waals surface area contributed by atoms with Crippen molar-refractivity contribution in [2.45, 2.75) is 13.1 Å². The standard InChI is InChI=1S/C15H20N4/c1-19(13-15-7-3-5-9-18-15)11-10-16-12-14-6-2-4-8-17-14/h2-9,16H,10-13H2,1H3. The van der Waals surface area contributed by atoms with Gasteiger partial charge in [-0.05, 0) is 31.3 Å². The summed E-state index contributed by atoms with van der Waals surface area (Å²) in [5, 5.41) is 3.39. The van der Waals surface area contributed by atoms with Crippen LogP contribution in [0.2, 0.25) is 0 Å². The number of hydrogen-bond acceptors (Lipinski definition) is 4. The molecular formula is C15H20N4. The Hall–Kier alpha value is -1.78. The highest BCUT2D eigenvalue weighted by molar-refractivity contribution is 5.03. The minimum absolute atomic E-state index is 0.818. The zero-order valence-electron chi connectivity index (χ0n) is 11.3. The molecule has 100 valence electrons. The zero-order chi connectivity index (χ0) is 13.3. The van der Waals surface area contributed by atoms with E-state index in [0.717, 1.165) is 37.6 Å². The Labute approximate surface area is 114 Å².